The lowest BCUT2D eigenvalue weighted by Crippen LogP contribution is -2.20. The molecular weight excluding hydrogens is 626 g/mol. The maximum absolute atomic E-state index is 14.0. The molecule has 0 aliphatic rings. The second kappa shape index (κ2) is 14.7. The number of benzene rings is 4. The summed E-state index contributed by atoms with van der Waals surface area (Å²) in [5.74, 6) is -2.39. The lowest BCUT2D eigenvalue weighted by atomic mass is 10.1. The molecule has 5 rings (SSSR count). The summed E-state index contributed by atoms with van der Waals surface area (Å²) in [5, 5.41) is 7.90. The van der Waals surface area contributed by atoms with Crippen LogP contribution in [0.1, 0.15) is 46.8 Å². The van der Waals surface area contributed by atoms with Gasteiger partial charge in [0.1, 0.15) is 16.1 Å². The Balaban J connectivity index is 1.41. The van der Waals surface area contributed by atoms with E-state index in [0.717, 1.165) is 11.3 Å². The van der Waals surface area contributed by atoms with Gasteiger partial charge in [0, 0.05) is 21.8 Å². The maximum Gasteiger partial charge on any atom is 0.341 e. The number of carbonyl (C=O) groups is 4. The SMILES string of the molecule is COC(=O)c1c(NC(=O)C(Sc2cccc(NC(=O)c3ccc(F)cc3)c2)c2ccccc2)sc(C(=O)Nc2ccccc2)c1C. The van der Waals surface area contributed by atoms with Gasteiger partial charge < -0.3 is 20.7 Å². The Bertz CT molecular complexity index is 1880. The van der Waals surface area contributed by atoms with Crippen molar-refractivity contribution in [3.63, 3.8) is 0 Å². The Morgan fingerprint density at radius 2 is 1.39 bits per heavy atom. The predicted octanol–water partition coefficient (Wildman–Crippen LogP) is 7.96. The number of anilines is 3. The number of carbonyl (C=O) groups excluding carboxylic acids is 4. The lowest BCUT2D eigenvalue weighted by molar-refractivity contribution is -0.115. The summed E-state index contributed by atoms with van der Waals surface area (Å²) in [6.07, 6.45) is 0. The second-order valence-corrected chi connectivity index (χ2v) is 12.2. The molecule has 4 aromatic carbocycles. The summed E-state index contributed by atoms with van der Waals surface area (Å²) in [5.41, 5.74) is 2.55. The third kappa shape index (κ3) is 7.68. The van der Waals surface area contributed by atoms with E-state index in [1.54, 1.807) is 49.4 Å². The normalized spacial score (nSPS) is 11.3. The molecule has 1 aromatic heterocycles. The molecule has 1 unspecified atom stereocenters. The first kappa shape index (κ1) is 32.1. The highest BCUT2D eigenvalue weighted by Gasteiger charge is 2.29. The summed E-state index contributed by atoms with van der Waals surface area (Å²) in [6.45, 7) is 1.63. The van der Waals surface area contributed by atoms with Crippen LogP contribution in [0, 0.1) is 12.7 Å². The van der Waals surface area contributed by atoms with Crippen LogP contribution in [0.15, 0.2) is 114 Å². The largest absolute Gasteiger partial charge is 0.465 e. The molecule has 5 aromatic rings. The lowest BCUT2D eigenvalue weighted by Gasteiger charge is -2.18. The molecule has 232 valence electrons. The molecule has 0 bridgehead atoms. The highest BCUT2D eigenvalue weighted by atomic mass is 32.2. The van der Waals surface area contributed by atoms with Crippen molar-refractivity contribution >= 4 is 63.2 Å². The standard InChI is InChI=1S/C35H28FN3O5S2/c1-21-28(35(43)44-2)34(46-29(21)32(41)37-25-12-7-4-8-13-25)39-33(42)30(22-10-5-3-6-11-22)45-27-15-9-14-26(20-27)38-31(40)23-16-18-24(36)19-17-23/h3-20,30H,1-2H3,(H,37,41)(H,38,40)(H,39,42). The van der Waals surface area contributed by atoms with Crippen molar-refractivity contribution in [2.24, 2.45) is 0 Å². The van der Waals surface area contributed by atoms with Crippen molar-refractivity contribution in [2.75, 3.05) is 23.1 Å². The molecule has 0 saturated carbocycles. The fraction of sp³-hybridized carbons (Fsp3) is 0.0857. The first-order valence-corrected chi connectivity index (χ1v) is 15.7. The van der Waals surface area contributed by atoms with E-state index in [4.69, 9.17) is 4.74 Å². The Kier molecular flexibility index (Phi) is 10.3. The van der Waals surface area contributed by atoms with E-state index in [9.17, 15) is 23.6 Å². The molecule has 8 nitrogen and oxygen atoms in total. The molecule has 0 radical (unpaired) electrons. The average molecular weight is 654 g/mol. The average Bonchev–Trinajstić information content (AvgIpc) is 3.39. The molecule has 0 saturated heterocycles. The van der Waals surface area contributed by atoms with Gasteiger partial charge in [0.15, 0.2) is 0 Å². The van der Waals surface area contributed by atoms with Crippen LogP contribution in [-0.2, 0) is 9.53 Å². The van der Waals surface area contributed by atoms with E-state index < -0.39 is 34.8 Å². The molecule has 1 heterocycles. The number of rotatable bonds is 10. The van der Waals surface area contributed by atoms with Gasteiger partial charge in [-0.3, -0.25) is 14.4 Å². The number of methoxy groups -OCH3 is 1. The van der Waals surface area contributed by atoms with Gasteiger partial charge in [0.25, 0.3) is 11.8 Å². The molecule has 3 amide bonds. The monoisotopic (exact) mass is 653 g/mol. The Labute approximate surface area is 273 Å². The van der Waals surface area contributed by atoms with Crippen LogP contribution in [0.4, 0.5) is 20.8 Å². The second-order valence-electron chi connectivity index (χ2n) is 9.96. The summed E-state index contributed by atoms with van der Waals surface area (Å²) < 4.78 is 18.3. The Morgan fingerprint density at radius 1 is 0.761 bits per heavy atom. The molecule has 11 heteroatoms. The van der Waals surface area contributed by atoms with Gasteiger partial charge in [0.2, 0.25) is 5.91 Å². The minimum atomic E-state index is -0.779. The van der Waals surface area contributed by atoms with E-state index in [-0.39, 0.29) is 15.4 Å². The first-order chi connectivity index (χ1) is 22.2. The van der Waals surface area contributed by atoms with Gasteiger partial charge in [-0.05, 0) is 72.6 Å². The van der Waals surface area contributed by atoms with Crippen LogP contribution in [0.2, 0.25) is 0 Å². The van der Waals surface area contributed by atoms with Crippen LogP contribution in [0.5, 0.6) is 0 Å². The van der Waals surface area contributed by atoms with E-state index >= 15 is 0 Å². The van der Waals surface area contributed by atoms with E-state index in [1.807, 2.05) is 42.5 Å². The van der Waals surface area contributed by atoms with Gasteiger partial charge in [-0.1, -0.05) is 54.6 Å². The van der Waals surface area contributed by atoms with Crippen LogP contribution in [-0.4, -0.2) is 30.8 Å². The van der Waals surface area contributed by atoms with Gasteiger partial charge in [-0.25, -0.2) is 9.18 Å². The van der Waals surface area contributed by atoms with Gasteiger partial charge in [0.05, 0.1) is 17.6 Å². The molecule has 46 heavy (non-hydrogen) atoms. The molecule has 0 fully saturated rings. The Hall–Kier alpha value is -5.26. The zero-order valence-electron chi connectivity index (χ0n) is 24.7. The molecule has 0 spiro atoms. The molecule has 3 N–H and O–H groups in total. The van der Waals surface area contributed by atoms with Gasteiger partial charge >= 0.3 is 5.97 Å². The van der Waals surface area contributed by atoms with Crippen molar-refractivity contribution in [1.29, 1.82) is 0 Å². The highest BCUT2D eigenvalue weighted by molar-refractivity contribution is 8.00. The molecule has 1 atom stereocenters. The van der Waals surface area contributed by atoms with Crippen molar-refractivity contribution in [2.45, 2.75) is 17.1 Å². The molecular formula is C35H28FN3O5S2. The minimum Gasteiger partial charge on any atom is -0.465 e. The molecule has 0 aliphatic heterocycles. The fourth-order valence-corrected chi connectivity index (χ4v) is 6.72. The smallest absolute Gasteiger partial charge is 0.341 e. The third-order valence-corrected chi connectivity index (χ3v) is 9.26. The number of thioether (sulfide) groups is 1. The number of esters is 1. The van der Waals surface area contributed by atoms with Crippen LogP contribution < -0.4 is 16.0 Å². The van der Waals surface area contributed by atoms with E-state index in [2.05, 4.69) is 16.0 Å². The highest BCUT2D eigenvalue weighted by Crippen LogP contribution is 2.40. The predicted molar refractivity (Wildman–Crippen MR) is 179 cm³/mol. The van der Waals surface area contributed by atoms with E-state index in [1.165, 1.54) is 43.1 Å². The van der Waals surface area contributed by atoms with Crippen molar-refractivity contribution in [3.05, 3.63) is 142 Å². The number of hydrogen-bond acceptors (Lipinski definition) is 7. The van der Waals surface area contributed by atoms with E-state index in [0.29, 0.717) is 33.0 Å². The quantitative estimate of drug-likeness (QED) is 0.104. The third-order valence-electron chi connectivity index (χ3n) is 6.80. The van der Waals surface area contributed by atoms with Crippen LogP contribution >= 0.6 is 23.1 Å². The maximum atomic E-state index is 14.0. The number of halogens is 1. The number of ether oxygens (including phenoxy) is 1. The zero-order chi connectivity index (χ0) is 32.6. The van der Waals surface area contributed by atoms with Gasteiger partial charge in [-0.2, -0.15) is 0 Å². The van der Waals surface area contributed by atoms with Crippen molar-refractivity contribution in [3.8, 4) is 0 Å². The first-order valence-electron chi connectivity index (χ1n) is 14.0. The topological polar surface area (TPSA) is 114 Å². The van der Waals surface area contributed by atoms with Crippen LogP contribution in [0.25, 0.3) is 0 Å². The zero-order valence-corrected chi connectivity index (χ0v) is 26.3. The van der Waals surface area contributed by atoms with Crippen LogP contribution in [0.3, 0.4) is 0 Å². The number of nitrogens with one attached hydrogen (secondary N) is 3. The number of amides is 3. The van der Waals surface area contributed by atoms with Gasteiger partial charge in [-0.15, -0.1) is 23.1 Å². The Morgan fingerprint density at radius 3 is 2.07 bits per heavy atom. The number of para-hydroxylation sites is 1. The van der Waals surface area contributed by atoms with Crippen molar-refractivity contribution in [1.82, 2.24) is 0 Å². The van der Waals surface area contributed by atoms with Crippen molar-refractivity contribution < 1.29 is 28.3 Å². The molecule has 0 aliphatic carbocycles. The number of thiophene rings is 1. The fourth-order valence-electron chi connectivity index (χ4n) is 4.54. The minimum absolute atomic E-state index is 0.0985. The summed E-state index contributed by atoms with van der Waals surface area (Å²) in [7, 11) is 1.24. The summed E-state index contributed by atoms with van der Waals surface area (Å²) in [4.78, 5) is 53.7. The summed E-state index contributed by atoms with van der Waals surface area (Å²) >= 11 is 2.23. The summed E-state index contributed by atoms with van der Waals surface area (Å²) in [6, 6.07) is 30.2. The number of hydrogen-bond donors (Lipinski definition) is 3.